The summed E-state index contributed by atoms with van der Waals surface area (Å²) in [6.07, 6.45) is 2.70. The summed E-state index contributed by atoms with van der Waals surface area (Å²) in [7, 11) is 0. The van der Waals surface area contributed by atoms with E-state index in [4.69, 9.17) is 10.8 Å². The number of hydrogen-bond acceptors (Lipinski definition) is 4. The molecule has 1 aromatic heterocycles. The molecule has 0 radical (unpaired) electrons. The molecule has 5 heteroatoms. The molecule has 0 saturated heterocycles. The predicted molar refractivity (Wildman–Crippen MR) is 53.5 cm³/mol. The highest BCUT2D eigenvalue weighted by Crippen LogP contribution is 2.09. The number of aliphatic hydroxyl groups is 1. The molecule has 14 heavy (non-hydrogen) atoms. The fourth-order valence-corrected chi connectivity index (χ4v) is 1.16. The van der Waals surface area contributed by atoms with Crippen LogP contribution in [0.4, 0.5) is 0 Å². The number of rotatable bonds is 5. The average Bonchev–Trinajstić information content (AvgIpc) is 2.65. The van der Waals surface area contributed by atoms with E-state index in [1.807, 2.05) is 20.0 Å². The monoisotopic (exact) mass is 198 g/mol. The molecular formula is C9H18N4O. The highest BCUT2D eigenvalue weighted by molar-refractivity contribution is 4.98. The minimum atomic E-state index is -0.0341. The molecule has 0 aliphatic rings. The zero-order valence-corrected chi connectivity index (χ0v) is 8.72. The fourth-order valence-electron chi connectivity index (χ4n) is 1.16. The van der Waals surface area contributed by atoms with Gasteiger partial charge in [-0.05, 0) is 12.3 Å². The van der Waals surface area contributed by atoms with Crippen LogP contribution in [0.2, 0.25) is 0 Å². The van der Waals surface area contributed by atoms with Crippen molar-refractivity contribution in [3.05, 3.63) is 11.9 Å². The summed E-state index contributed by atoms with van der Waals surface area (Å²) in [5.74, 6) is 0.197. The van der Waals surface area contributed by atoms with Gasteiger partial charge in [-0.15, -0.1) is 5.10 Å². The number of nitrogens with zero attached hydrogens (tertiary/aromatic N) is 3. The minimum Gasteiger partial charge on any atom is -0.396 e. The van der Waals surface area contributed by atoms with E-state index in [0.717, 1.165) is 12.1 Å². The Morgan fingerprint density at radius 2 is 2.36 bits per heavy atom. The Bertz CT molecular complexity index is 274. The molecular weight excluding hydrogens is 180 g/mol. The Labute approximate surface area is 83.9 Å². The molecule has 0 aliphatic heterocycles. The van der Waals surface area contributed by atoms with Crippen molar-refractivity contribution in [3.63, 3.8) is 0 Å². The molecule has 5 nitrogen and oxygen atoms in total. The lowest BCUT2D eigenvalue weighted by Crippen LogP contribution is -2.12. The molecule has 0 fully saturated rings. The maximum atomic E-state index is 8.87. The maximum absolute atomic E-state index is 8.87. The van der Waals surface area contributed by atoms with Crippen LogP contribution in [0.5, 0.6) is 0 Å². The Morgan fingerprint density at radius 3 is 2.93 bits per heavy atom. The van der Waals surface area contributed by atoms with E-state index in [1.54, 1.807) is 4.68 Å². The van der Waals surface area contributed by atoms with E-state index in [2.05, 4.69) is 10.3 Å². The van der Waals surface area contributed by atoms with E-state index < -0.39 is 0 Å². The third-order valence-corrected chi connectivity index (χ3v) is 2.19. The van der Waals surface area contributed by atoms with Gasteiger partial charge < -0.3 is 10.8 Å². The van der Waals surface area contributed by atoms with Gasteiger partial charge in [-0.3, -0.25) is 4.68 Å². The lowest BCUT2D eigenvalue weighted by Gasteiger charge is -2.06. The van der Waals surface area contributed by atoms with Gasteiger partial charge in [0.2, 0.25) is 0 Å². The minimum absolute atomic E-state index is 0.0341. The second kappa shape index (κ2) is 5.07. The molecule has 1 heterocycles. The molecule has 0 amide bonds. The Kier molecular flexibility index (Phi) is 4.03. The van der Waals surface area contributed by atoms with Gasteiger partial charge in [-0.2, -0.15) is 0 Å². The Morgan fingerprint density at radius 1 is 1.64 bits per heavy atom. The second-order valence-electron chi connectivity index (χ2n) is 3.67. The lowest BCUT2D eigenvalue weighted by molar-refractivity contribution is 0.218. The first kappa shape index (κ1) is 11.1. The van der Waals surface area contributed by atoms with Gasteiger partial charge in [0.05, 0.1) is 17.9 Å². The molecule has 1 rings (SSSR count). The van der Waals surface area contributed by atoms with Crippen molar-refractivity contribution in [2.75, 3.05) is 6.61 Å². The normalized spacial score (nSPS) is 15.4. The smallest absolute Gasteiger partial charge is 0.0993 e. The van der Waals surface area contributed by atoms with Crippen molar-refractivity contribution in [2.45, 2.75) is 32.9 Å². The summed E-state index contributed by atoms with van der Waals surface area (Å²) >= 11 is 0. The zero-order chi connectivity index (χ0) is 10.6. The summed E-state index contributed by atoms with van der Waals surface area (Å²) in [6.45, 7) is 4.82. The summed E-state index contributed by atoms with van der Waals surface area (Å²) in [6, 6.07) is -0.0341. The van der Waals surface area contributed by atoms with Gasteiger partial charge >= 0.3 is 0 Å². The fraction of sp³-hybridized carbons (Fsp3) is 0.778. The summed E-state index contributed by atoms with van der Waals surface area (Å²) in [5, 5.41) is 16.8. The molecule has 0 saturated carbocycles. The number of nitrogens with two attached hydrogens (primary N) is 1. The first-order valence-electron chi connectivity index (χ1n) is 4.93. The van der Waals surface area contributed by atoms with Crippen LogP contribution in [0.25, 0.3) is 0 Å². The zero-order valence-electron chi connectivity index (χ0n) is 8.72. The van der Waals surface area contributed by atoms with Crippen molar-refractivity contribution in [1.29, 1.82) is 0 Å². The van der Waals surface area contributed by atoms with E-state index in [1.165, 1.54) is 0 Å². The molecule has 1 aromatic rings. The van der Waals surface area contributed by atoms with E-state index in [9.17, 15) is 0 Å². The molecule has 3 N–H and O–H groups in total. The van der Waals surface area contributed by atoms with Crippen LogP contribution >= 0.6 is 0 Å². The third kappa shape index (κ3) is 2.78. The van der Waals surface area contributed by atoms with Gasteiger partial charge in [0.15, 0.2) is 0 Å². The first-order chi connectivity index (χ1) is 6.67. The SMILES string of the molecule is CCC(N)c1cn(CC(C)CO)nn1. The Hall–Kier alpha value is -0.940. The van der Waals surface area contributed by atoms with Crippen molar-refractivity contribution >= 4 is 0 Å². The summed E-state index contributed by atoms with van der Waals surface area (Å²) in [5.41, 5.74) is 6.62. The largest absolute Gasteiger partial charge is 0.396 e. The van der Waals surface area contributed by atoms with E-state index in [0.29, 0.717) is 6.54 Å². The van der Waals surface area contributed by atoms with Crippen molar-refractivity contribution < 1.29 is 5.11 Å². The van der Waals surface area contributed by atoms with Crippen LogP contribution in [-0.4, -0.2) is 26.7 Å². The maximum Gasteiger partial charge on any atom is 0.0993 e. The standard InChI is InChI=1S/C9H18N4O/c1-3-8(10)9-5-13(12-11-9)4-7(2)6-14/h5,7-8,14H,3-4,6,10H2,1-2H3. The molecule has 80 valence electrons. The first-order valence-corrected chi connectivity index (χ1v) is 4.93. The molecule has 0 bridgehead atoms. The van der Waals surface area contributed by atoms with Gasteiger partial charge in [0.1, 0.15) is 0 Å². The van der Waals surface area contributed by atoms with Crippen molar-refractivity contribution in [3.8, 4) is 0 Å². The number of hydrogen-bond donors (Lipinski definition) is 2. The van der Waals surface area contributed by atoms with Crippen LogP contribution in [0.15, 0.2) is 6.20 Å². The van der Waals surface area contributed by atoms with Crippen molar-refractivity contribution in [2.24, 2.45) is 11.7 Å². The van der Waals surface area contributed by atoms with Crippen LogP contribution in [0.1, 0.15) is 32.0 Å². The topological polar surface area (TPSA) is 77.0 Å². The average molecular weight is 198 g/mol. The second-order valence-corrected chi connectivity index (χ2v) is 3.67. The van der Waals surface area contributed by atoms with Crippen LogP contribution in [0.3, 0.4) is 0 Å². The number of aromatic nitrogens is 3. The van der Waals surface area contributed by atoms with E-state index in [-0.39, 0.29) is 18.6 Å². The highest BCUT2D eigenvalue weighted by Gasteiger charge is 2.09. The predicted octanol–water partition coefficient (Wildman–Crippen LogP) is 0.316. The molecule has 2 unspecified atom stereocenters. The molecule has 2 atom stereocenters. The quantitative estimate of drug-likeness (QED) is 0.714. The van der Waals surface area contributed by atoms with Crippen LogP contribution in [0, 0.1) is 5.92 Å². The van der Waals surface area contributed by atoms with Gasteiger partial charge in [0, 0.05) is 13.2 Å². The van der Waals surface area contributed by atoms with Crippen molar-refractivity contribution in [1.82, 2.24) is 15.0 Å². The lowest BCUT2D eigenvalue weighted by atomic mass is 10.2. The number of aliphatic hydroxyl groups excluding tert-OH is 1. The summed E-state index contributed by atoms with van der Waals surface area (Å²) in [4.78, 5) is 0. The molecule has 0 aliphatic carbocycles. The Balaban J connectivity index is 2.59. The van der Waals surface area contributed by atoms with Gasteiger partial charge in [0.25, 0.3) is 0 Å². The van der Waals surface area contributed by atoms with Crippen LogP contribution < -0.4 is 5.73 Å². The van der Waals surface area contributed by atoms with Gasteiger partial charge in [-0.1, -0.05) is 19.1 Å². The highest BCUT2D eigenvalue weighted by atomic mass is 16.3. The van der Waals surface area contributed by atoms with Crippen LogP contribution in [-0.2, 0) is 6.54 Å². The molecule has 0 aromatic carbocycles. The molecule has 0 spiro atoms. The summed E-state index contributed by atoms with van der Waals surface area (Å²) < 4.78 is 1.73. The van der Waals surface area contributed by atoms with Gasteiger partial charge in [-0.25, -0.2) is 0 Å². The van der Waals surface area contributed by atoms with E-state index >= 15 is 0 Å². The third-order valence-electron chi connectivity index (χ3n) is 2.19.